The van der Waals surface area contributed by atoms with Crippen molar-refractivity contribution in [2.75, 3.05) is 11.7 Å². The Labute approximate surface area is 69.7 Å². The highest BCUT2D eigenvalue weighted by atomic mass is 32.2. The van der Waals surface area contributed by atoms with Crippen LogP contribution in [0.3, 0.4) is 0 Å². The quantitative estimate of drug-likeness (QED) is 0.465. The number of hydrogen-bond acceptors (Lipinski definition) is 4. The molecule has 1 unspecified atom stereocenters. The van der Waals surface area contributed by atoms with E-state index in [1.165, 1.54) is 6.08 Å². The average Bonchev–Trinajstić information content (AvgIpc) is 2.40. The predicted molar refractivity (Wildman–Crippen MR) is 43.1 cm³/mol. The molecule has 1 atom stereocenters. The molecule has 1 aliphatic heterocycles. The Morgan fingerprint density at radius 1 is 1.82 bits per heavy atom. The van der Waals surface area contributed by atoms with Gasteiger partial charge in [0, 0.05) is 6.08 Å². The highest BCUT2D eigenvalue weighted by molar-refractivity contribution is 7.99. The van der Waals surface area contributed by atoms with Crippen LogP contribution in [0.15, 0.2) is 12.2 Å². The van der Waals surface area contributed by atoms with Crippen molar-refractivity contribution in [3.8, 4) is 0 Å². The second-order valence-electron chi connectivity index (χ2n) is 2.02. The van der Waals surface area contributed by atoms with Gasteiger partial charge in [-0.05, 0) is 6.92 Å². The van der Waals surface area contributed by atoms with Crippen LogP contribution in [0.5, 0.6) is 0 Å². The van der Waals surface area contributed by atoms with Crippen LogP contribution in [0.25, 0.3) is 0 Å². The Morgan fingerprint density at radius 3 is 3.18 bits per heavy atom. The first-order chi connectivity index (χ1) is 5.33. The number of carbonyl (C=O) groups is 1. The fourth-order valence-corrected chi connectivity index (χ4v) is 1.39. The SMILES string of the molecule is C/C=C\C(=O)OC1CSCO1. The van der Waals surface area contributed by atoms with Gasteiger partial charge >= 0.3 is 5.97 Å². The Kier molecular flexibility index (Phi) is 3.45. The van der Waals surface area contributed by atoms with Gasteiger partial charge in [0.05, 0.1) is 11.7 Å². The number of thioether (sulfide) groups is 1. The van der Waals surface area contributed by atoms with Crippen LogP contribution in [0.1, 0.15) is 6.92 Å². The lowest BCUT2D eigenvalue weighted by Gasteiger charge is -2.07. The van der Waals surface area contributed by atoms with Gasteiger partial charge in [0.15, 0.2) is 0 Å². The van der Waals surface area contributed by atoms with Crippen LogP contribution in [0, 0.1) is 0 Å². The molecule has 1 aliphatic rings. The molecule has 0 aromatic rings. The Hall–Kier alpha value is -0.480. The van der Waals surface area contributed by atoms with E-state index in [1.807, 2.05) is 0 Å². The van der Waals surface area contributed by atoms with Crippen molar-refractivity contribution in [1.29, 1.82) is 0 Å². The maximum Gasteiger partial charge on any atom is 0.332 e. The van der Waals surface area contributed by atoms with E-state index in [0.29, 0.717) is 5.94 Å². The van der Waals surface area contributed by atoms with E-state index in [0.717, 1.165) is 5.75 Å². The Morgan fingerprint density at radius 2 is 2.64 bits per heavy atom. The van der Waals surface area contributed by atoms with E-state index in [2.05, 4.69) is 0 Å². The summed E-state index contributed by atoms with van der Waals surface area (Å²) in [6.07, 6.45) is 2.68. The summed E-state index contributed by atoms with van der Waals surface area (Å²) in [5.74, 6) is 1.02. The van der Waals surface area contributed by atoms with Gasteiger partial charge in [0.1, 0.15) is 0 Å². The van der Waals surface area contributed by atoms with Crippen molar-refractivity contribution < 1.29 is 14.3 Å². The molecule has 1 rings (SSSR count). The third kappa shape index (κ3) is 2.95. The lowest BCUT2D eigenvalue weighted by Crippen LogP contribution is -2.17. The van der Waals surface area contributed by atoms with Gasteiger partial charge in [-0.3, -0.25) is 0 Å². The number of carbonyl (C=O) groups excluding carboxylic acids is 1. The van der Waals surface area contributed by atoms with Gasteiger partial charge in [-0.1, -0.05) is 6.08 Å². The molecule has 1 saturated heterocycles. The fraction of sp³-hybridized carbons (Fsp3) is 0.571. The number of esters is 1. The summed E-state index contributed by atoms with van der Waals surface area (Å²) >= 11 is 1.62. The zero-order chi connectivity index (χ0) is 8.10. The minimum atomic E-state index is -0.344. The minimum absolute atomic E-state index is 0.333. The predicted octanol–water partition coefficient (Wildman–Crippen LogP) is 1.15. The summed E-state index contributed by atoms with van der Waals surface area (Å²) in [5.41, 5.74) is 0. The standard InChI is InChI=1S/C7H10O3S/c1-2-3-6(8)10-7-4-11-5-9-7/h2-3,7H,4-5H2,1H3/b3-2-. The van der Waals surface area contributed by atoms with E-state index >= 15 is 0 Å². The molecule has 0 radical (unpaired) electrons. The molecule has 1 heterocycles. The van der Waals surface area contributed by atoms with Gasteiger partial charge in [-0.15, -0.1) is 11.8 Å². The molecule has 1 fully saturated rings. The molecule has 0 spiro atoms. The number of hydrogen-bond donors (Lipinski definition) is 0. The molecule has 11 heavy (non-hydrogen) atoms. The molecule has 0 aromatic heterocycles. The summed E-state index contributed by atoms with van der Waals surface area (Å²) in [7, 11) is 0. The molecule has 0 aromatic carbocycles. The van der Waals surface area contributed by atoms with Gasteiger partial charge < -0.3 is 9.47 Å². The highest BCUT2D eigenvalue weighted by Crippen LogP contribution is 2.16. The third-order valence-corrected chi connectivity index (χ3v) is 1.95. The Balaban J connectivity index is 2.23. The van der Waals surface area contributed by atoms with Crippen LogP contribution in [-0.2, 0) is 14.3 Å². The van der Waals surface area contributed by atoms with Crippen LogP contribution in [0.4, 0.5) is 0 Å². The van der Waals surface area contributed by atoms with Crippen molar-refractivity contribution >= 4 is 17.7 Å². The molecule has 0 aliphatic carbocycles. The van der Waals surface area contributed by atoms with E-state index in [9.17, 15) is 4.79 Å². The fourth-order valence-electron chi connectivity index (χ4n) is 0.689. The molecule has 0 saturated carbocycles. The zero-order valence-corrected chi connectivity index (χ0v) is 7.10. The van der Waals surface area contributed by atoms with Gasteiger partial charge in [-0.2, -0.15) is 0 Å². The van der Waals surface area contributed by atoms with Crippen molar-refractivity contribution in [2.45, 2.75) is 13.2 Å². The van der Waals surface area contributed by atoms with Gasteiger partial charge in [0.25, 0.3) is 0 Å². The first-order valence-electron chi connectivity index (χ1n) is 3.35. The molecular weight excluding hydrogens is 164 g/mol. The van der Waals surface area contributed by atoms with E-state index in [1.54, 1.807) is 24.8 Å². The molecule has 62 valence electrons. The summed E-state index contributed by atoms with van der Waals surface area (Å²) in [5, 5.41) is 0. The van der Waals surface area contributed by atoms with Crippen LogP contribution < -0.4 is 0 Å². The molecule has 0 amide bonds. The van der Waals surface area contributed by atoms with Gasteiger partial charge in [0.2, 0.25) is 6.29 Å². The second kappa shape index (κ2) is 4.41. The monoisotopic (exact) mass is 174 g/mol. The number of allylic oxidation sites excluding steroid dienone is 1. The molecule has 4 heteroatoms. The second-order valence-corrected chi connectivity index (χ2v) is 3.00. The number of ether oxygens (including phenoxy) is 2. The highest BCUT2D eigenvalue weighted by Gasteiger charge is 2.18. The van der Waals surface area contributed by atoms with Crippen molar-refractivity contribution in [3.05, 3.63) is 12.2 Å². The molecule has 0 N–H and O–H groups in total. The zero-order valence-electron chi connectivity index (χ0n) is 6.28. The van der Waals surface area contributed by atoms with E-state index in [4.69, 9.17) is 9.47 Å². The molecule has 0 bridgehead atoms. The van der Waals surface area contributed by atoms with Crippen molar-refractivity contribution in [2.24, 2.45) is 0 Å². The normalized spacial score (nSPS) is 24.3. The van der Waals surface area contributed by atoms with Crippen LogP contribution >= 0.6 is 11.8 Å². The van der Waals surface area contributed by atoms with Crippen molar-refractivity contribution in [1.82, 2.24) is 0 Å². The van der Waals surface area contributed by atoms with Crippen LogP contribution in [0.2, 0.25) is 0 Å². The molecular formula is C7H10O3S. The van der Waals surface area contributed by atoms with E-state index in [-0.39, 0.29) is 12.3 Å². The lowest BCUT2D eigenvalue weighted by atomic mass is 10.5. The van der Waals surface area contributed by atoms with E-state index < -0.39 is 0 Å². The average molecular weight is 174 g/mol. The summed E-state index contributed by atoms with van der Waals surface area (Å²) in [6, 6.07) is 0. The van der Waals surface area contributed by atoms with Crippen LogP contribution in [-0.4, -0.2) is 24.0 Å². The first-order valence-corrected chi connectivity index (χ1v) is 4.51. The summed E-state index contributed by atoms with van der Waals surface area (Å²) in [4.78, 5) is 10.8. The topological polar surface area (TPSA) is 35.5 Å². The van der Waals surface area contributed by atoms with Gasteiger partial charge in [-0.25, -0.2) is 4.79 Å². The lowest BCUT2D eigenvalue weighted by molar-refractivity contribution is -0.161. The first kappa shape index (κ1) is 8.62. The summed E-state index contributed by atoms with van der Waals surface area (Å²) < 4.78 is 9.94. The largest absolute Gasteiger partial charge is 0.432 e. The Bertz CT molecular complexity index is 161. The third-order valence-electron chi connectivity index (χ3n) is 1.14. The maximum atomic E-state index is 10.8. The summed E-state index contributed by atoms with van der Waals surface area (Å²) in [6.45, 7) is 1.77. The minimum Gasteiger partial charge on any atom is -0.432 e. The maximum absolute atomic E-state index is 10.8. The van der Waals surface area contributed by atoms with Crippen molar-refractivity contribution in [3.63, 3.8) is 0 Å². The number of rotatable bonds is 2. The smallest absolute Gasteiger partial charge is 0.332 e. The molecule has 3 nitrogen and oxygen atoms in total.